The van der Waals surface area contributed by atoms with Crippen molar-refractivity contribution in [2.24, 2.45) is 4.99 Å². The number of allylic oxidation sites excluding steroid dienone is 1. The van der Waals surface area contributed by atoms with E-state index >= 15 is 0 Å². The Hall–Kier alpha value is -4.66. The second-order valence-electron chi connectivity index (χ2n) is 11.3. The molecule has 0 saturated heterocycles. The zero-order chi connectivity index (χ0) is 32.0. The summed E-state index contributed by atoms with van der Waals surface area (Å²) in [5, 5.41) is 3.75. The molecule has 0 unspecified atom stereocenters. The first-order chi connectivity index (χ1) is 21.5. The molecule has 9 heteroatoms. The lowest BCUT2D eigenvalue weighted by atomic mass is 9.95. The van der Waals surface area contributed by atoms with Crippen molar-refractivity contribution in [2.45, 2.75) is 40.7 Å². The highest BCUT2D eigenvalue weighted by atomic mass is 35.5. The lowest BCUT2D eigenvalue weighted by molar-refractivity contribution is -0.113. The molecule has 1 atom stereocenters. The van der Waals surface area contributed by atoms with E-state index in [1.807, 2.05) is 107 Å². The molecular weight excluding hydrogens is 604 g/mol. The van der Waals surface area contributed by atoms with Crippen molar-refractivity contribution < 1.29 is 9.53 Å². The van der Waals surface area contributed by atoms with Crippen LogP contribution in [-0.2, 0) is 4.79 Å². The molecule has 1 amide bonds. The average Bonchev–Trinajstić information content (AvgIpc) is 3.47. The number of thiazole rings is 1. The van der Waals surface area contributed by atoms with Gasteiger partial charge in [0.2, 0.25) is 0 Å². The summed E-state index contributed by atoms with van der Waals surface area (Å²) < 4.78 is 9.70. The van der Waals surface area contributed by atoms with Crippen LogP contribution < -0.4 is 24.9 Å². The normalized spacial score (nSPS) is 14.7. The number of carbonyl (C=O) groups excluding carboxylic acids is 1. The molecule has 0 aliphatic carbocycles. The standard InChI is InChI=1S/C36H33ClN4O3S/c1-20-7-16-30(21(2)17-20)39-34(42)32-23(4)38-36-41(33(32)25-8-14-29(44-6)15-9-25)35(43)31(45-36)19-26-18-22(3)40(24(26)5)28-12-10-27(37)11-13-28/h7-19,33H,1-6H3,(H,39,42)/b31-19-/t33-/m0/s1. The molecule has 0 bridgehead atoms. The van der Waals surface area contributed by atoms with Crippen LogP contribution in [0.3, 0.4) is 0 Å². The van der Waals surface area contributed by atoms with Gasteiger partial charge in [-0.2, -0.15) is 0 Å². The van der Waals surface area contributed by atoms with E-state index in [2.05, 4.69) is 16.0 Å². The molecule has 1 N–H and O–H groups in total. The smallest absolute Gasteiger partial charge is 0.271 e. The van der Waals surface area contributed by atoms with Crippen LogP contribution in [0, 0.1) is 27.7 Å². The minimum Gasteiger partial charge on any atom is -0.497 e. The molecule has 1 aliphatic heterocycles. The molecule has 3 aromatic carbocycles. The van der Waals surface area contributed by atoms with Crippen LogP contribution in [0.25, 0.3) is 11.8 Å². The Morgan fingerprint density at radius 1 is 0.978 bits per heavy atom. The zero-order valence-electron chi connectivity index (χ0n) is 25.9. The van der Waals surface area contributed by atoms with Gasteiger partial charge >= 0.3 is 0 Å². The van der Waals surface area contributed by atoms with E-state index in [-0.39, 0.29) is 11.5 Å². The number of fused-ring (bicyclic) bond motifs is 1. The van der Waals surface area contributed by atoms with Crippen molar-refractivity contribution in [1.29, 1.82) is 0 Å². The van der Waals surface area contributed by atoms with Crippen LogP contribution in [-0.4, -0.2) is 22.2 Å². The second-order valence-corrected chi connectivity index (χ2v) is 12.7. The topological polar surface area (TPSA) is 77.6 Å². The molecule has 5 aromatic rings. The molecule has 45 heavy (non-hydrogen) atoms. The number of ether oxygens (including phenoxy) is 1. The molecule has 0 saturated carbocycles. The Balaban J connectivity index is 1.48. The minimum atomic E-state index is -0.679. The van der Waals surface area contributed by atoms with Gasteiger partial charge in [-0.15, -0.1) is 0 Å². The van der Waals surface area contributed by atoms with Gasteiger partial charge in [-0.1, -0.05) is 52.8 Å². The largest absolute Gasteiger partial charge is 0.497 e. The number of halogens is 1. The Labute approximate surface area is 270 Å². The number of anilines is 1. The number of nitrogens with one attached hydrogen (secondary N) is 1. The van der Waals surface area contributed by atoms with Gasteiger partial charge < -0.3 is 14.6 Å². The van der Waals surface area contributed by atoms with E-state index in [4.69, 9.17) is 21.3 Å². The number of nitrogens with zero attached hydrogens (tertiary/aromatic N) is 3. The Morgan fingerprint density at radius 2 is 1.69 bits per heavy atom. The Bertz CT molecular complexity index is 2170. The molecule has 228 valence electrons. The van der Waals surface area contributed by atoms with E-state index < -0.39 is 6.04 Å². The summed E-state index contributed by atoms with van der Waals surface area (Å²) in [6, 6.07) is 22.4. The first-order valence-electron chi connectivity index (χ1n) is 14.6. The maximum Gasteiger partial charge on any atom is 0.271 e. The molecule has 6 rings (SSSR count). The first kappa shape index (κ1) is 30.4. The van der Waals surface area contributed by atoms with Crippen molar-refractivity contribution in [3.63, 3.8) is 0 Å². The Morgan fingerprint density at radius 3 is 2.36 bits per heavy atom. The fourth-order valence-corrected chi connectivity index (χ4v) is 7.08. The summed E-state index contributed by atoms with van der Waals surface area (Å²) >= 11 is 7.45. The van der Waals surface area contributed by atoms with Gasteiger partial charge in [0.1, 0.15) is 5.75 Å². The van der Waals surface area contributed by atoms with E-state index in [1.54, 1.807) is 11.7 Å². The third-order valence-electron chi connectivity index (χ3n) is 8.17. The van der Waals surface area contributed by atoms with Crippen molar-refractivity contribution in [2.75, 3.05) is 12.4 Å². The van der Waals surface area contributed by atoms with Crippen molar-refractivity contribution in [3.8, 4) is 11.4 Å². The number of aryl methyl sites for hydroxylation is 3. The van der Waals surface area contributed by atoms with Gasteiger partial charge in [0, 0.05) is 27.8 Å². The van der Waals surface area contributed by atoms with Crippen LogP contribution in [0.1, 0.15) is 46.6 Å². The fourth-order valence-electron chi connectivity index (χ4n) is 5.92. The molecule has 3 heterocycles. The summed E-state index contributed by atoms with van der Waals surface area (Å²) in [5.74, 6) is 0.383. The lowest BCUT2D eigenvalue weighted by Gasteiger charge is -2.25. The Kier molecular flexibility index (Phi) is 8.12. The fraction of sp³-hybridized carbons (Fsp3) is 0.194. The monoisotopic (exact) mass is 636 g/mol. The maximum atomic E-state index is 14.2. The van der Waals surface area contributed by atoms with Crippen molar-refractivity contribution in [3.05, 3.63) is 142 Å². The predicted octanol–water partition coefficient (Wildman–Crippen LogP) is 6.56. The summed E-state index contributed by atoms with van der Waals surface area (Å²) in [4.78, 5) is 33.6. The van der Waals surface area contributed by atoms with E-state index in [0.29, 0.717) is 37.1 Å². The highest BCUT2D eigenvalue weighted by Gasteiger charge is 2.33. The molecule has 1 aliphatic rings. The van der Waals surface area contributed by atoms with Crippen LogP contribution in [0.2, 0.25) is 5.02 Å². The van der Waals surface area contributed by atoms with Crippen LogP contribution in [0.5, 0.6) is 5.75 Å². The average molecular weight is 637 g/mol. The number of aromatic nitrogens is 2. The minimum absolute atomic E-state index is 0.208. The first-order valence-corrected chi connectivity index (χ1v) is 15.7. The molecule has 7 nitrogen and oxygen atoms in total. The lowest BCUT2D eigenvalue weighted by Crippen LogP contribution is -2.40. The number of benzene rings is 3. The van der Waals surface area contributed by atoms with Gasteiger partial charge in [0.05, 0.1) is 29.0 Å². The number of hydrogen-bond acceptors (Lipinski definition) is 5. The number of rotatable bonds is 6. The van der Waals surface area contributed by atoms with Gasteiger partial charge in [-0.05, 0) is 106 Å². The van der Waals surface area contributed by atoms with Gasteiger partial charge in [0.25, 0.3) is 11.5 Å². The molecule has 0 spiro atoms. The zero-order valence-corrected chi connectivity index (χ0v) is 27.5. The number of carbonyl (C=O) groups is 1. The number of methoxy groups -OCH3 is 1. The number of hydrogen-bond donors (Lipinski definition) is 1. The van der Waals surface area contributed by atoms with E-state index in [1.165, 1.54) is 11.3 Å². The number of amides is 1. The van der Waals surface area contributed by atoms with E-state index in [0.717, 1.165) is 39.3 Å². The molecule has 0 radical (unpaired) electrons. The third kappa shape index (κ3) is 5.67. The summed E-state index contributed by atoms with van der Waals surface area (Å²) in [7, 11) is 1.61. The maximum absolute atomic E-state index is 14.2. The van der Waals surface area contributed by atoms with Crippen molar-refractivity contribution >= 4 is 40.6 Å². The van der Waals surface area contributed by atoms with Crippen LogP contribution >= 0.6 is 22.9 Å². The molecule has 2 aromatic heterocycles. The molecular formula is C36H33ClN4O3S. The summed E-state index contributed by atoms with van der Waals surface area (Å²) in [6.07, 6.45) is 1.92. The predicted molar refractivity (Wildman–Crippen MR) is 182 cm³/mol. The SMILES string of the molecule is COc1ccc([C@H]2C(C(=O)Nc3ccc(C)cc3C)=C(C)N=c3s/c(=C\c4cc(C)n(-c5ccc(Cl)cc5)c4C)c(=O)n32)cc1. The van der Waals surface area contributed by atoms with Gasteiger partial charge in [-0.3, -0.25) is 14.2 Å². The third-order valence-corrected chi connectivity index (χ3v) is 9.40. The van der Waals surface area contributed by atoms with Crippen LogP contribution in [0.4, 0.5) is 5.69 Å². The highest BCUT2D eigenvalue weighted by molar-refractivity contribution is 7.07. The molecule has 0 fully saturated rings. The highest BCUT2D eigenvalue weighted by Crippen LogP contribution is 2.32. The summed E-state index contributed by atoms with van der Waals surface area (Å²) in [5.41, 5.74) is 8.28. The van der Waals surface area contributed by atoms with Crippen LogP contribution in [0.15, 0.2) is 93.9 Å². The van der Waals surface area contributed by atoms with Gasteiger partial charge in [-0.25, -0.2) is 4.99 Å². The van der Waals surface area contributed by atoms with Gasteiger partial charge in [0.15, 0.2) is 4.80 Å². The summed E-state index contributed by atoms with van der Waals surface area (Å²) in [6.45, 7) is 9.87. The second kappa shape index (κ2) is 12.0. The van der Waals surface area contributed by atoms with Crippen molar-refractivity contribution in [1.82, 2.24) is 9.13 Å². The van der Waals surface area contributed by atoms with E-state index in [9.17, 15) is 9.59 Å². The quantitative estimate of drug-likeness (QED) is 0.229.